The minimum Gasteiger partial charge on any atom is -0.454 e. The molecule has 0 saturated carbocycles. The molecule has 0 amide bonds. The van der Waals surface area contributed by atoms with Crippen molar-refractivity contribution in [2.75, 3.05) is 32.9 Å². The van der Waals surface area contributed by atoms with Crippen LogP contribution >= 0.6 is 0 Å². The Labute approximate surface area is 197 Å². The van der Waals surface area contributed by atoms with Crippen LogP contribution in [0.3, 0.4) is 0 Å². The molecule has 1 saturated heterocycles. The van der Waals surface area contributed by atoms with E-state index in [1.807, 2.05) is 6.92 Å². The molecule has 2 aromatic heterocycles. The Bertz CT molecular complexity index is 1330. The summed E-state index contributed by atoms with van der Waals surface area (Å²) in [7, 11) is -3.76. The zero-order chi connectivity index (χ0) is 24.5. The molecule has 0 aliphatic carbocycles. The standard InChI is InChI=1S/C23H25N3O7S/c1-15-11-20(17(3)26(15)22-12-16(2)33-24-22)21(27)14-32-23(28)18-5-4-6-19(13-18)34(29,30)25-7-9-31-10-8-25/h4-6,11-13H,7-10,14H2,1-3H3. The summed E-state index contributed by atoms with van der Waals surface area (Å²) in [6.45, 7) is 6.03. The third-order valence-electron chi connectivity index (χ3n) is 5.59. The first kappa shape index (κ1) is 23.9. The summed E-state index contributed by atoms with van der Waals surface area (Å²) < 4.78 is 44.3. The van der Waals surface area contributed by atoms with Gasteiger partial charge >= 0.3 is 5.97 Å². The molecular formula is C23H25N3O7S. The number of ether oxygens (including phenoxy) is 2. The molecule has 1 fully saturated rings. The Morgan fingerprint density at radius 1 is 1.09 bits per heavy atom. The normalized spacial score (nSPS) is 14.8. The van der Waals surface area contributed by atoms with Crippen LogP contribution in [0.4, 0.5) is 0 Å². The van der Waals surface area contributed by atoms with Crippen LogP contribution < -0.4 is 0 Å². The van der Waals surface area contributed by atoms with Crippen molar-refractivity contribution in [3.8, 4) is 5.82 Å². The maximum absolute atomic E-state index is 12.9. The van der Waals surface area contributed by atoms with Crippen LogP contribution in [0, 0.1) is 20.8 Å². The summed E-state index contributed by atoms with van der Waals surface area (Å²) in [6, 6.07) is 9.06. The first-order chi connectivity index (χ1) is 16.2. The SMILES string of the molecule is Cc1cc(-n2c(C)cc(C(=O)COC(=O)c3cccc(S(=O)(=O)N4CCOCC4)c3)c2C)no1. The molecule has 1 aliphatic heterocycles. The first-order valence-corrected chi connectivity index (χ1v) is 12.1. The second kappa shape index (κ2) is 9.53. The van der Waals surface area contributed by atoms with Gasteiger partial charge in [0, 0.05) is 36.1 Å². The fraction of sp³-hybridized carbons (Fsp3) is 0.348. The van der Waals surface area contributed by atoms with E-state index in [1.54, 1.807) is 30.5 Å². The topological polar surface area (TPSA) is 121 Å². The summed E-state index contributed by atoms with van der Waals surface area (Å²) in [4.78, 5) is 25.4. The van der Waals surface area contributed by atoms with Gasteiger partial charge in [-0.1, -0.05) is 11.2 Å². The Hall–Kier alpha value is -3.28. The van der Waals surface area contributed by atoms with Gasteiger partial charge in [-0.2, -0.15) is 4.31 Å². The van der Waals surface area contributed by atoms with Gasteiger partial charge < -0.3 is 14.0 Å². The number of hydrogen-bond acceptors (Lipinski definition) is 8. The van der Waals surface area contributed by atoms with Gasteiger partial charge in [-0.25, -0.2) is 13.2 Å². The zero-order valence-corrected chi connectivity index (χ0v) is 19.9. The van der Waals surface area contributed by atoms with Crippen molar-refractivity contribution < 1.29 is 32.0 Å². The average Bonchev–Trinajstić information content (AvgIpc) is 3.39. The molecule has 180 valence electrons. The number of carbonyl (C=O) groups is 2. The maximum Gasteiger partial charge on any atom is 0.338 e. The van der Waals surface area contributed by atoms with E-state index < -0.39 is 22.6 Å². The predicted molar refractivity (Wildman–Crippen MR) is 121 cm³/mol. The van der Waals surface area contributed by atoms with E-state index in [-0.39, 0.29) is 29.3 Å². The van der Waals surface area contributed by atoms with Gasteiger partial charge in [-0.15, -0.1) is 0 Å². The summed E-state index contributed by atoms with van der Waals surface area (Å²) in [6.07, 6.45) is 0. The molecule has 0 bridgehead atoms. The fourth-order valence-electron chi connectivity index (χ4n) is 3.87. The largest absolute Gasteiger partial charge is 0.454 e. The molecule has 1 aliphatic rings. The number of sulfonamides is 1. The lowest BCUT2D eigenvalue weighted by Gasteiger charge is -2.26. The van der Waals surface area contributed by atoms with E-state index in [0.29, 0.717) is 36.0 Å². The van der Waals surface area contributed by atoms with Crippen molar-refractivity contribution in [1.82, 2.24) is 14.0 Å². The number of morpholine rings is 1. The zero-order valence-electron chi connectivity index (χ0n) is 19.1. The molecule has 4 rings (SSSR count). The number of nitrogens with zero attached hydrogens (tertiary/aromatic N) is 3. The van der Waals surface area contributed by atoms with E-state index in [4.69, 9.17) is 14.0 Å². The van der Waals surface area contributed by atoms with Crippen LogP contribution in [0.1, 0.15) is 37.9 Å². The molecule has 0 radical (unpaired) electrons. The fourth-order valence-corrected chi connectivity index (χ4v) is 5.32. The maximum atomic E-state index is 12.9. The lowest BCUT2D eigenvalue weighted by molar-refractivity contribution is 0.0474. The summed E-state index contributed by atoms with van der Waals surface area (Å²) >= 11 is 0. The predicted octanol–water partition coefficient (Wildman–Crippen LogP) is 2.45. The van der Waals surface area contributed by atoms with Crippen molar-refractivity contribution >= 4 is 21.8 Å². The number of hydrogen-bond donors (Lipinski definition) is 0. The third-order valence-corrected chi connectivity index (χ3v) is 7.48. The van der Waals surface area contributed by atoms with Crippen LogP contribution in [0.15, 0.2) is 45.8 Å². The van der Waals surface area contributed by atoms with E-state index in [9.17, 15) is 18.0 Å². The van der Waals surface area contributed by atoms with E-state index >= 15 is 0 Å². The number of Topliss-reactive ketones (excluding diaryl/α,β-unsaturated/α-hetero) is 1. The smallest absolute Gasteiger partial charge is 0.338 e. The van der Waals surface area contributed by atoms with Crippen molar-refractivity contribution in [2.24, 2.45) is 0 Å². The van der Waals surface area contributed by atoms with Crippen molar-refractivity contribution in [3.63, 3.8) is 0 Å². The van der Waals surface area contributed by atoms with Gasteiger partial charge in [0.25, 0.3) is 0 Å². The Morgan fingerprint density at radius 2 is 1.82 bits per heavy atom. The quantitative estimate of drug-likeness (QED) is 0.368. The lowest BCUT2D eigenvalue weighted by Crippen LogP contribution is -2.40. The number of rotatable bonds is 7. The van der Waals surface area contributed by atoms with E-state index in [0.717, 1.165) is 5.69 Å². The molecule has 0 spiro atoms. The Kier molecular flexibility index (Phi) is 6.69. The molecule has 11 heteroatoms. The van der Waals surface area contributed by atoms with Gasteiger partial charge in [-0.05, 0) is 45.0 Å². The minimum absolute atomic E-state index is 0.0124. The van der Waals surface area contributed by atoms with Crippen LogP contribution in [-0.4, -0.2) is 67.1 Å². The molecule has 3 heterocycles. The summed E-state index contributed by atoms with van der Waals surface area (Å²) in [5.41, 5.74) is 1.87. The van der Waals surface area contributed by atoms with Gasteiger partial charge in [0.2, 0.25) is 15.8 Å². The molecule has 0 atom stereocenters. The number of ketones is 1. The van der Waals surface area contributed by atoms with Crippen molar-refractivity contribution in [1.29, 1.82) is 0 Å². The van der Waals surface area contributed by atoms with Crippen LogP contribution in [0.2, 0.25) is 0 Å². The Balaban J connectivity index is 1.46. The van der Waals surface area contributed by atoms with Crippen molar-refractivity contribution in [2.45, 2.75) is 25.7 Å². The highest BCUT2D eigenvalue weighted by atomic mass is 32.2. The van der Waals surface area contributed by atoms with Crippen molar-refractivity contribution in [3.05, 3.63) is 64.7 Å². The number of aromatic nitrogens is 2. The monoisotopic (exact) mass is 487 g/mol. The highest BCUT2D eigenvalue weighted by molar-refractivity contribution is 7.89. The van der Waals surface area contributed by atoms with Gasteiger partial charge in [-0.3, -0.25) is 9.36 Å². The van der Waals surface area contributed by atoms with Crippen LogP contribution in [0.5, 0.6) is 0 Å². The first-order valence-electron chi connectivity index (χ1n) is 10.7. The van der Waals surface area contributed by atoms with E-state index in [1.165, 1.54) is 28.6 Å². The molecule has 0 unspecified atom stereocenters. The summed E-state index contributed by atoms with van der Waals surface area (Å²) in [5.74, 6) is 0.0299. The molecule has 0 N–H and O–H groups in total. The third kappa shape index (κ3) is 4.67. The van der Waals surface area contributed by atoms with Crippen LogP contribution in [-0.2, 0) is 19.5 Å². The van der Waals surface area contributed by atoms with Crippen LogP contribution in [0.25, 0.3) is 5.82 Å². The Morgan fingerprint density at radius 3 is 2.50 bits per heavy atom. The highest BCUT2D eigenvalue weighted by Crippen LogP contribution is 2.22. The lowest BCUT2D eigenvalue weighted by atomic mass is 10.1. The molecule has 3 aromatic rings. The highest BCUT2D eigenvalue weighted by Gasteiger charge is 2.27. The molecule has 34 heavy (non-hydrogen) atoms. The van der Waals surface area contributed by atoms with Gasteiger partial charge in [0.15, 0.2) is 12.4 Å². The van der Waals surface area contributed by atoms with Gasteiger partial charge in [0.05, 0.1) is 23.7 Å². The summed E-state index contributed by atoms with van der Waals surface area (Å²) in [5, 5.41) is 3.99. The minimum atomic E-state index is -3.76. The molecular weight excluding hydrogens is 462 g/mol. The number of benzene rings is 1. The average molecular weight is 488 g/mol. The number of esters is 1. The second-order valence-electron chi connectivity index (χ2n) is 7.96. The molecule has 10 nitrogen and oxygen atoms in total. The number of carbonyl (C=O) groups excluding carboxylic acids is 2. The number of aryl methyl sites for hydroxylation is 2. The molecule has 1 aromatic carbocycles. The second-order valence-corrected chi connectivity index (χ2v) is 9.90. The van der Waals surface area contributed by atoms with E-state index in [2.05, 4.69) is 5.16 Å². The van der Waals surface area contributed by atoms with Gasteiger partial charge in [0.1, 0.15) is 5.76 Å².